The Balaban J connectivity index is 1.60. The quantitative estimate of drug-likeness (QED) is 0.917. The lowest BCUT2D eigenvalue weighted by molar-refractivity contribution is -0.133. The zero-order valence-electron chi connectivity index (χ0n) is 13.3. The zero-order valence-corrected chi connectivity index (χ0v) is 13.3. The van der Waals surface area contributed by atoms with Gasteiger partial charge in [-0.1, -0.05) is 30.3 Å². The van der Waals surface area contributed by atoms with E-state index in [1.54, 1.807) is 17.0 Å². The third kappa shape index (κ3) is 3.92. The van der Waals surface area contributed by atoms with Crippen molar-refractivity contribution in [2.75, 3.05) is 13.2 Å². The number of ether oxygens (including phenoxy) is 1. The number of carbonyl (C=O) groups excluding carboxylic acids is 1. The lowest BCUT2D eigenvalue weighted by Crippen LogP contribution is -2.32. The van der Waals surface area contributed by atoms with E-state index in [0.717, 1.165) is 11.3 Å². The number of carbonyl (C=O) groups is 1. The number of aliphatic hydroxyl groups excluding tert-OH is 1. The molecule has 0 aromatic heterocycles. The number of halogens is 1. The third-order valence-electron chi connectivity index (χ3n) is 4.18. The first kappa shape index (κ1) is 16.5. The second-order valence-electron chi connectivity index (χ2n) is 5.91. The maximum atomic E-state index is 13.1. The van der Waals surface area contributed by atoms with Crippen molar-refractivity contribution in [3.63, 3.8) is 0 Å². The maximum Gasteiger partial charge on any atom is 0.226 e. The third-order valence-corrected chi connectivity index (χ3v) is 4.18. The molecular formula is C19H20FNO3. The van der Waals surface area contributed by atoms with E-state index >= 15 is 0 Å². The van der Waals surface area contributed by atoms with Gasteiger partial charge in [0.1, 0.15) is 11.6 Å². The molecule has 0 radical (unpaired) electrons. The summed E-state index contributed by atoms with van der Waals surface area (Å²) in [5.74, 6) is 0.338. The molecule has 0 saturated carbocycles. The van der Waals surface area contributed by atoms with E-state index in [4.69, 9.17) is 4.74 Å². The van der Waals surface area contributed by atoms with Crippen LogP contribution in [0.25, 0.3) is 0 Å². The van der Waals surface area contributed by atoms with Crippen molar-refractivity contribution in [1.29, 1.82) is 0 Å². The van der Waals surface area contributed by atoms with Gasteiger partial charge in [0.2, 0.25) is 5.91 Å². The monoisotopic (exact) mass is 329 g/mol. The van der Waals surface area contributed by atoms with Crippen molar-refractivity contribution >= 4 is 5.91 Å². The van der Waals surface area contributed by atoms with Crippen LogP contribution in [0.5, 0.6) is 5.75 Å². The summed E-state index contributed by atoms with van der Waals surface area (Å²) in [4.78, 5) is 14.2. The minimum absolute atomic E-state index is 0.0724. The summed E-state index contributed by atoms with van der Waals surface area (Å²) in [6.07, 6.45) is 0.148. The van der Waals surface area contributed by atoms with E-state index in [1.807, 2.05) is 30.3 Å². The molecule has 3 rings (SSSR count). The van der Waals surface area contributed by atoms with E-state index in [0.29, 0.717) is 13.0 Å². The van der Waals surface area contributed by atoms with Gasteiger partial charge in [-0.25, -0.2) is 4.39 Å². The first-order valence-corrected chi connectivity index (χ1v) is 8.04. The number of amides is 1. The van der Waals surface area contributed by atoms with Crippen LogP contribution >= 0.6 is 0 Å². The molecule has 0 unspecified atom stereocenters. The minimum atomic E-state index is -0.556. The van der Waals surface area contributed by atoms with E-state index in [2.05, 4.69) is 0 Å². The largest absolute Gasteiger partial charge is 0.493 e. The molecule has 1 aliphatic rings. The van der Waals surface area contributed by atoms with Gasteiger partial charge < -0.3 is 14.7 Å². The predicted octanol–water partition coefficient (Wildman–Crippen LogP) is 2.93. The lowest BCUT2D eigenvalue weighted by atomic mass is 10.0. The standard InChI is InChI=1S/C19H20FNO3/c20-15-8-6-14(7-9-15)18-12-16(22)13-21(18)19(23)10-11-24-17-4-2-1-3-5-17/h1-9,16,18,22H,10-13H2/t16-,18-/m1/s1. The van der Waals surface area contributed by atoms with Gasteiger partial charge in [-0.15, -0.1) is 0 Å². The van der Waals surface area contributed by atoms with Gasteiger partial charge in [-0.05, 0) is 36.2 Å². The lowest BCUT2D eigenvalue weighted by Gasteiger charge is -2.25. The number of hydrogen-bond acceptors (Lipinski definition) is 3. The Hall–Kier alpha value is -2.40. The summed E-state index contributed by atoms with van der Waals surface area (Å²) in [6, 6.07) is 15.2. The van der Waals surface area contributed by atoms with Crippen LogP contribution in [-0.2, 0) is 4.79 Å². The van der Waals surface area contributed by atoms with Gasteiger partial charge in [0.05, 0.1) is 25.2 Å². The number of aliphatic hydroxyl groups is 1. The predicted molar refractivity (Wildman–Crippen MR) is 88.0 cm³/mol. The number of nitrogens with zero attached hydrogens (tertiary/aromatic N) is 1. The summed E-state index contributed by atoms with van der Waals surface area (Å²) in [7, 11) is 0. The van der Waals surface area contributed by atoms with Crippen LogP contribution in [0.2, 0.25) is 0 Å². The molecule has 24 heavy (non-hydrogen) atoms. The summed E-state index contributed by atoms with van der Waals surface area (Å²) >= 11 is 0. The van der Waals surface area contributed by atoms with Crippen molar-refractivity contribution in [3.05, 3.63) is 66.0 Å². The Morgan fingerprint density at radius 3 is 2.58 bits per heavy atom. The Bertz CT molecular complexity index is 675. The number of benzene rings is 2. The van der Waals surface area contributed by atoms with Gasteiger partial charge in [-0.3, -0.25) is 4.79 Å². The topological polar surface area (TPSA) is 49.8 Å². The Labute approximate surface area is 140 Å². The minimum Gasteiger partial charge on any atom is -0.493 e. The average Bonchev–Trinajstić information content (AvgIpc) is 2.98. The van der Waals surface area contributed by atoms with Gasteiger partial charge in [0.25, 0.3) is 0 Å². The molecule has 0 bridgehead atoms. The summed E-state index contributed by atoms with van der Waals surface area (Å²) < 4.78 is 18.6. The van der Waals surface area contributed by atoms with Crippen LogP contribution in [0.3, 0.4) is 0 Å². The fourth-order valence-corrected chi connectivity index (χ4v) is 3.01. The average molecular weight is 329 g/mol. The van der Waals surface area contributed by atoms with Crippen molar-refractivity contribution < 1.29 is 19.0 Å². The van der Waals surface area contributed by atoms with Crippen LogP contribution in [0.1, 0.15) is 24.4 Å². The zero-order chi connectivity index (χ0) is 16.9. The number of likely N-dealkylation sites (tertiary alicyclic amines) is 1. The number of para-hydroxylation sites is 1. The molecule has 4 nitrogen and oxygen atoms in total. The van der Waals surface area contributed by atoms with Crippen LogP contribution in [0, 0.1) is 5.82 Å². The Morgan fingerprint density at radius 1 is 1.17 bits per heavy atom. The highest BCUT2D eigenvalue weighted by Crippen LogP contribution is 2.32. The first-order chi connectivity index (χ1) is 11.6. The molecule has 1 fully saturated rings. The molecule has 2 aromatic carbocycles. The molecule has 1 aliphatic heterocycles. The van der Waals surface area contributed by atoms with Crippen molar-refractivity contribution in [2.45, 2.75) is 25.0 Å². The van der Waals surface area contributed by atoms with Crippen LogP contribution in [0.15, 0.2) is 54.6 Å². The van der Waals surface area contributed by atoms with Crippen LogP contribution < -0.4 is 4.74 Å². The molecular weight excluding hydrogens is 309 g/mol. The molecule has 5 heteroatoms. The van der Waals surface area contributed by atoms with Gasteiger partial charge in [0.15, 0.2) is 0 Å². The molecule has 2 aromatic rings. The van der Waals surface area contributed by atoms with Crippen LogP contribution in [0.4, 0.5) is 4.39 Å². The normalized spacial score (nSPS) is 20.2. The Kier molecular flexibility index (Phi) is 5.11. The highest BCUT2D eigenvalue weighted by atomic mass is 19.1. The number of rotatable bonds is 5. The van der Waals surface area contributed by atoms with Crippen LogP contribution in [-0.4, -0.2) is 35.2 Å². The van der Waals surface area contributed by atoms with Gasteiger partial charge in [-0.2, -0.15) is 0 Å². The summed E-state index contributed by atoms with van der Waals surface area (Å²) in [6.45, 7) is 0.581. The van der Waals surface area contributed by atoms with Gasteiger partial charge in [0, 0.05) is 6.54 Å². The molecule has 1 saturated heterocycles. The first-order valence-electron chi connectivity index (χ1n) is 8.04. The molecule has 0 spiro atoms. The number of β-amino-alcohol motifs (C(OH)–C–C–N with tert-alkyl or cyclic N) is 1. The molecule has 1 amide bonds. The maximum absolute atomic E-state index is 13.1. The van der Waals surface area contributed by atoms with Gasteiger partial charge >= 0.3 is 0 Å². The number of hydrogen-bond donors (Lipinski definition) is 1. The highest BCUT2D eigenvalue weighted by Gasteiger charge is 2.34. The van der Waals surface area contributed by atoms with Crippen molar-refractivity contribution in [2.24, 2.45) is 0 Å². The fraction of sp³-hybridized carbons (Fsp3) is 0.316. The second-order valence-corrected chi connectivity index (χ2v) is 5.91. The van der Waals surface area contributed by atoms with E-state index in [9.17, 15) is 14.3 Å². The van der Waals surface area contributed by atoms with E-state index in [-0.39, 0.29) is 30.8 Å². The summed E-state index contributed by atoms with van der Waals surface area (Å²) in [5.41, 5.74) is 0.838. The second kappa shape index (κ2) is 7.45. The van der Waals surface area contributed by atoms with Crippen molar-refractivity contribution in [3.8, 4) is 5.75 Å². The fourth-order valence-electron chi connectivity index (χ4n) is 3.01. The molecule has 1 N–H and O–H groups in total. The van der Waals surface area contributed by atoms with Crippen molar-refractivity contribution in [1.82, 2.24) is 4.90 Å². The molecule has 0 aliphatic carbocycles. The SMILES string of the molecule is O=C(CCOc1ccccc1)N1C[C@H](O)C[C@@H]1c1ccc(F)cc1. The van der Waals surface area contributed by atoms with E-state index < -0.39 is 6.10 Å². The molecule has 2 atom stereocenters. The molecule has 126 valence electrons. The Morgan fingerprint density at radius 2 is 1.88 bits per heavy atom. The molecule has 1 heterocycles. The highest BCUT2D eigenvalue weighted by molar-refractivity contribution is 5.77. The smallest absolute Gasteiger partial charge is 0.226 e. The van der Waals surface area contributed by atoms with E-state index in [1.165, 1.54) is 12.1 Å². The summed E-state index contributed by atoms with van der Waals surface area (Å²) in [5, 5.41) is 9.94.